The summed E-state index contributed by atoms with van der Waals surface area (Å²) in [6.07, 6.45) is 15.8. The van der Waals surface area contributed by atoms with Gasteiger partial charge in [-0.2, -0.15) is 0 Å². The van der Waals surface area contributed by atoms with E-state index in [4.69, 9.17) is 0 Å². The van der Waals surface area contributed by atoms with E-state index in [-0.39, 0.29) is 28.2 Å². The molecule has 208 valence electrons. The summed E-state index contributed by atoms with van der Waals surface area (Å²) in [6.45, 7) is 0. The van der Waals surface area contributed by atoms with Crippen molar-refractivity contribution in [1.29, 1.82) is 0 Å². The average molecular weight is 537 g/mol. The number of phenols is 3. The third-order valence-electron chi connectivity index (χ3n) is 10.5. The molecule has 4 nitrogen and oxygen atoms in total. The fourth-order valence-corrected chi connectivity index (χ4v) is 8.25. The molecule has 3 aliphatic carbocycles. The number of rotatable bonds is 5. The minimum atomic E-state index is -0.112. The van der Waals surface area contributed by atoms with Crippen molar-refractivity contribution in [2.24, 2.45) is 17.8 Å². The zero-order chi connectivity index (χ0) is 27.7. The summed E-state index contributed by atoms with van der Waals surface area (Å²) in [5, 5.41) is 40.2. The molecule has 0 aromatic heterocycles. The lowest BCUT2D eigenvalue weighted by atomic mass is 9.55. The summed E-state index contributed by atoms with van der Waals surface area (Å²) in [5.74, 6) is 2.84. The number of aromatic hydroxyl groups is 3. The lowest BCUT2D eigenvalue weighted by molar-refractivity contribution is 0.110. The Morgan fingerprint density at radius 3 is 1.40 bits per heavy atom. The van der Waals surface area contributed by atoms with Gasteiger partial charge < -0.3 is 20.4 Å². The predicted octanol–water partition coefficient (Wildman–Crippen LogP) is 8.43. The molecule has 4 heteroatoms. The van der Waals surface area contributed by atoms with Gasteiger partial charge in [-0.25, -0.2) is 0 Å². The van der Waals surface area contributed by atoms with Gasteiger partial charge in [0.1, 0.15) is 23.0 Å². The summed E-state index contributed by atoms with van der Waals surface area (Å²) in [5.41, 5.74) is 3.61. The number of aliphatic hydroxyl groups is 1. The number of allylic oxidation sites excluding steroid dienone is 3. The van der Waals surface area contributed by atoms with E-state index < -0.39 is 0 Å². The van der Waals surface area contributed by atoms with Gasteiger partial charge in [-0.1, -0.05) is 42.5 Å². The number of hydrogen-bond donors (Lipinski definition) is 4. The summed E-state index contributed by atoms with van der Waals surface area (Å²) in [7, 11) is 0. The molecule has 0 spiro atoms. The predicted molar refractivity (Wildman–Crippen MR) is 159 cm³/mol. The molecule has 0 aliphatic heterocycles. The number of aliphatic hydroxyl groups excluding tert-OH is 1. The fourth-order valence-electron chi connectivity index (χ4n) is 8.25. The summed E-state index contributed by atoms with van der Waals surface area (Å²) in [4.78, 5) is 0. The van der Waals surface area contributed by atoms with Crippen LogP contribution < -0.4 is 0 Å². The van der Waals surface area contributed by atoms with Crippen LogP contribution in [0.25, 0.3) is 0 Å². The molecule has 2 fully saturated rings. The molecule has 40 heavy (non-hydrogen) atoms. The van der Waals surface area contributed by atoms with Crippen LogP contribution in [-0.4, -0.2) is 20.4 Å². The molecule has 4 N–H and O–H groups in total. The Morgan fingerprint density at radius 1 is 0.525 bits per heavy atom. The largest absolute Gasteiger partial charge is 0.508 e. The van der Waals surface area contributed by atoms with E-state index in [0.29, 0.717) is 23.3 Å². The maximum Gasteiger partial charge on any atom is 0.115 e. The van der Waals surface area contributed by atoms with E-state index in [9.17, 15) is 20.4 Å². The van der Waals surface area contributed by atoms with Gasteiger partial charge in [-0.3, -0.25) is 0 Å². The van der Waals surface area contributed by atoms with Crippen LogP contribution in [0, 0.1) is 17.8 Å². The van der Waals surface area contributed by atoms with Crippen LogP contribution in [0.5, 0.6) is 17.2 Å². The molecule has 1 atom stereocenters. The lowest BCUT2D eigenvalue weighted by Crippen LogP contribution is -2.41. The third-order valence-corrected chi connectivity index (χ3v) is 10.5. The van der Waals surface area contributed by atoms with Crippen molar-refractivity contribution in [3.8, 4) is 17.2 Å². The van der Waals surface area contributed by atoms with Crippen molar-refractivity contribution >= 4 is 0 Å². The van der Waals surface area contributed by atoms with Crippen LogP contribution in [0.4, 0.5) is 0 Å². The van der Waals surface area contributed by atoms with Gasteiger partial charge >= 0.3 is 0 Å². The Hall–Kier alpha value is -3.66. The molecule has 0 bridgehead atoms. The third kappa shape index (κ3) is 4.89. The average Bonchev–Trinajstić information content (AvgIpc) is 2.98. The topological polar surface area (TPSA) is 80.9 Å². The van der Waals surface area contributed by atoms with Gasteiger partial charge in [0.05, 0.1) is 0 Å². The second-order valence-electron chi connectivity index (χ2n) is 12.4. The van der Waals surface area contributed by atoms with Crippen LogP contribution in [0.1, 0.15) is 74.5 Å². The zero-order valence-corrected chi connectivity index (χ0v) is 23.0. The van der Waals surface area contributed by atoms with Crippen molar-refractivity contribution in [1.82, 2.24) is 0 Å². The molecule has 0 radical (unpaired) electrons. The van der Waals surface area contributed by atoms with E-state index in [1.165, 1.54) is 29.5 Å². The second kappa shape index (κ2) is 10.7. The van der Waals surface area contributed by atoms with Crippen molar-refractivity contribution < 1.29 is 20.4 Å². The fraction of sp³-hybridized carbons (Fsp3) is 0.389. The van der Waals surface area contributed by atoms with E-state index in [0.717, 1.165) is 44.9 Å². The molecular weight excluding hydrogens is 496 g/mol. The van der Waals surface area contributed by atoms with Gasteiger partial charge in [0.25, 0.3) is 0 Å². The highest BCUT2D eigenvalue weighted by Crippen LogP contribution is 2.55. The molecule has 1 unspecified atom stereocenters. The van der Waals surface area contributed by atoms with Crippen LogP contribution >= 0.6 is 0 Å². The Balaban J connectivity index is 1.21. The zero-order valence-electron chi connectivity index (χ0n) is 23.0. The minimum Gasteiger partial charge on any atom is -0.508 e. The molecular formula is C36H40O4. The second-order valence-corrected chi connectivity index (χ2v) is 12.4. The van der Waals surface area contributed by atoms with E-state index in [2.05, 4.69) is 48.6 Å². The first-order valence-electron chi connectivity index (χ1n) is 14.8. The van der Waals surface area contributed by atoms with E-state index in [1.54, 1.807) is 36.4 Å². The van der Waals surface area contributed by atoms with Crippen molar-refractivity contribution in [3.05, 3.63) is 113 Å². The Morgan fingerprint density at radius 2 is 0.950 bits per heavy atom. The normalized spacial score (nSPS) is 26.8. The Bertz CT molecular complexity index is 1300. The quantitative estimate of drug-likeness (QED) is 0.264. The molecule has 2 saturated carbocycles. The number of hydrogen-bond acceptors (Lipinski definition) is 4. The summed E-state index contributed by atoms with van der Waals surface area (Å²) < 4.78 is 0. The molecule has 0 amide bonds. The molecule has 3 aromatic rings. The van der Waals surface area contributed by atoms with Gasteiger partial charge in [-0.05, 0) is 141 Å². The maximum absolute atomic E-state index is 10.3. The smallest absolute Gasteiger partial charge is 0.115 e. The molecule has 3 aliphatic rings. The van der Waals surface area contributed by atoms with Gasteiger partial charge in [0.15, 0.2) is 0 Å². The standard InChI is InChI=1S/C36H40O4/c37-31-10-4-27(5-11-31)35(28-6-12-32(38)13-7-28)20-16-25(17-21-35)26-18-22-36(23-19-26,29-8-14-33(39)15-9-29)30-2-1-3-34(40)24-30/h1,3-15,24-26,30,37-40H,2,16-23H2. The molecule has 3 aromatic carbocycles. The highest BCUT2D eigenvalue weighted by molar-refractivity contribution is 5.43. The van der Waals surface area contributed by atoms with E-state index in [1.807, 2.05) is 6.08 Å². The van der Waals surface area contributed by atoms with Crippen LogP contribution in [-0.2, 0) is 10.8 Å². The van der Waals surface area contributed by atoms with Crippen molar-refractivity contribution in [2.75, 3.05) is 0 Å². The van der Waals surface area contributed by atoms with Crippen molar-refractivity contribution in [3.63, 3.8) is 0 Å². The van der Waals surface area contributed by atoms with Gasteiger partial charge in [0.2, 0.25) is 0 Å². The summed E-state index contributed by atoms with van der Waals surface area (Å²) in [6, 6.07) is 23.2. The molecule has 0 heterocycles. The Kier molecular flexibility index (Phi) is 7.12. The van der Waals surface area contributed by atoms with Gasteiger partial charge in [-0.15, -0.1) is 0 Å². The lowest BCUT2D eigenvalue weighted by Gasteiger charge is -2.49. The van der Waals surface area contributed by atoms with Crippen LogP contribution in [0.3, 0.4) is 0 Å². The van der Waals surface area contributed by atoms with Crippen LogP contribution in [0.2, 0.25) is 0 Å². The van der Waals surface area contributed by atoms with E-state index >= 15 is 0 Å². The van der Waals surface area contributed by atoms with Gasteiger partial charge in [0, 0.05) is 10.8 Å². The Labute approximate surface area is 237 Å². The number of benzene rings is 3. The first kappa shape index (κ1) is 26.6. The van der Waals surface area contributed by atoms with Crippen molar-refractivity contribution in [2.45, 2.75) is 68.6 Å². The minimum absolute atomic E-state index is 0.0283. The SMILES string of the molecule is OC1=CC(C2(c3ccc(O)cc3)CCC(C3CCC(c4ccc(O)cc4)(c4ccc(O)cc4)CC3)CC2)CC=C1. The highest BCUT2D eigenvalue weighted by Gasteiger charge is 2.46. The van der Waals surface area contributed by atoms with Crippen LogP contribution in [0.15, 0.2) is 96.8 Å². The first-order valence-corrected chi connectivity index (χ1v) is 14.8. The summed E-state index contributed by atoms with van der Waals surface area (Å²) >= 11 is 0. The number of phenolic OH excluding ortho intramolecular Hbond substituents is 3. The maximum atomic E-state index is 10.3. The molecule has 6 rings (SSSR count). The highest BCUT2D eigenvalue weighted by atomic mass is 16.3. The first-order chi connectivity index (χ1) is 19.4. The molecule has 0 saturated heterocycles. The monoisotopic (exact) mass is 536 g/mol.